The average molecular weight is 279 g/mol. The molecule has 1 N–H and O–H groups in total. The van der Waals surface area contributed by atoms with Gasteiger partial charge in [0.15, 0.2) is 0 Å². The lowest BCUT2D eigenvalue weighted by Gasteiger charge is -2.25. The molecular weight excluding hydrogens is 253 g/mol. The molecule has 1 aromatic carbocycles. The summed E-state index contributed by atoms with van der Waals surface area (Å²) in [5.74, 6) is -0.747. The minimum Gasteiger partial charge on any atom is -0.351 e. The van der Waals surface area contributed by atoms with Gasteiger partial charge in [-0.1, -0.05) is 52.2 Å². The molecule has 0 atom stereocenters. The van der Waals surface area contributed by atoms with Crippen molar-refractivity contribution in [2.24, 2.45) is 5.41 Å². The van der Waals surface area contributed by atoms with Crippen LogP contribution in [0.3, 0.4) is 0 Å². The third kappa shape index (κ3) is 4.95. The van der Waals surface area contributed by atoms with E-state index in [1.807, 2.05) is 0 Å². The number of aryl methyl sites for hydroxylation is 1. The summed E-state index contributed by atoms with van der Waals surface area (Å²) < 4.78 is 13.9. The van der Waals surface area contributed by atoms with E-state index in [4.69, 9.17) is 0 Å². The molecule has 0 saturated heterocycles. The molecule has 20 heavy (non-hydrogen) atoms. The molecule has 0 fully saturated rings. The highest BCUT2D eigenvalue weighted by Gasteiger charge is 2.20. The summed E-state index contributed by atoms with van der Waals surface area (Å²) in [7, 11) is 0. The smallest absolute Gasteiger partial charge is 0.254 e. The van der Waals surface area contributed by atoms with Crippen molar-refractivity contribution in [2.45, 2.75) is 53.4 Å². The lowest BCUT2D eigenvalue weighted by Crippen LogP contribution is -2.34. The fraction of sp³-hybridized carbons (Fsp3) is 0.588. The van der Waals surface area contributed by atoms with E-state index in [1.165, 1.54) is 18.9 Å². The third-order valence-corrected chi connectivity index (χ3v) is 3.62. The number of nitrogens with one attached hydrogen (secondary N) is 1. The molecule has 0 bridgehead atoms. The molecule has 2 nitrogen and oxygen atoms in total. The van der Waals surface area contributed by atoms with Gasteiger partial charge >= 0.3 is 0 Å². The molecule has 3 heteroatoms. The SMILES string of the molecule is CCCCCC(C)(C)CNC(=O)c1cccc(C)c1F. The topological polar surface area (TPSA) is 29.1 Å². The van der Waals surface area contributed by atoms with Gasteiger partial charge in [0, 0.05) is 6.54 Å². The zero-order chi connectivity index (χ0) is 15.2. The number of rotatable bonds is 7. The Labute approximate surface area is 121 Å². The van der Waals surface area contributed by atoms with Crippen LogP contribution in [0.15, 0.2) is 18.2 Å². The summed E-state index contributed by atoms with van der Waals surface area (Å²) in [6, 6.07) is 4.91. The quantitative estimate of drug-likeness (QED) is 0.733. The Hall–Kier alpha value is -1.38. The molecule has 0 spiro atoms. The normalized spacial score (nSPS) is 11.4. The largest absolute Gasteiger partial charge is 0.351 e. The van der Waals surface area contributed by atoms with Crippen molar-refractivity contribution < 1.29 is 9.18 Å². The maximum absolute atomic E-state index is 13.9. The highest BCUT2D eigenvalue weighted by atomic mass is 19.1. The first kappa shape index (κ1) is 16.7. The van der Waals surface area contributed by atoms with Crippen LogP contribution in [-0.2, 0) is 0 Å². The zero-order valence-electron chi connectivity index (χ0n) is 13.1. The van der Waals surface area contributed by atoms with Crippen molar-refractivity contribution in [3.63, 3.8) is 0 Å². The number of hydrogen-bond donors (Lipinski definition) is 1. The fourth-order valence-electron chi connectivity index (χ4n) is 2.18. The molecule has 0 unspecified atom stereocenters. The van der Waals surface area contributed by atoms with E-state index in [9.17, 15) is 9.18 Å². The summed E-state index contributed by atoms with van der Waals surface area (Å²) in [5.41, 5.74) is 0.680. The van der Waals surface area contributed by atoms with E-state index in [0.717, 1.165) is 12.8 Å². The van der Waals surface area contributed by atoms with Gasteiger partial charge in [0.1, 0.15) is 5.82 Å². The van der Waals surface area contributed by atoms with E-state index in [0.29, 0.717) is 12.1 Å². The number of carbonyl (C=O) groups excluding carboxylic acids is 1. The third-order valence-electron chi connectivity index (χ3n) is 3.62. The molecule has 1 amide bonds. The summed E-state index contributed by atoms with van der Waals surface area (Å²) >= 11 is 0. The molecule has 0 heterocycles. The van der Waals surface area contributed by atoms with Gasteiger partial charge in [-0.2, -0.15) is 0 Å². The number of benzene rings is 1. The molecule has 0 radical (unpaired) electrons. The second-order valence-electron chi connectivity index (χ2n) is 6.24. The maximum Gasteiger partial charge on any atom is 0.254 e. The van der Waals surface area contributed by atoms with Crippen LogP contribution in [0, 0.1) is 18.2 Å². The van der Waals surface area contributed by atoms with Crippen LogP contribution >= 0.6 is 0 Å². The van der Waals surface area contributed by atoms with Gasteiger partial charge in [0.2, 0.25) is 0 Å². The van der Waals surface area contributed by atoms with Crippen LogP contribution in [0.4, 0.5) is 4.39 Å². The standard InChI is InChI=1S/C17H26FNO/c1-5-6-7-11-17(3,4)12-19-16(20)14-10-8-9-13(2)15(14)18/h8-10H,5-7,11-12H2,1-4H3,(H,19,20). The number of unbranched alkanes of at least 4 members (excludes halogenated alkanes) is 2. The van der Waals surface area contributed by atoms with Crippen LogP contribution in [0.25, 0.3) is 0 Å². The summed E-state index contributed by atoms with van der Waals surface area (Å²) in [6.45, 7) is 8.68. The van der Waals surface area contributed by atoms with E-state index in [2.05, 4.69) is 26.1 Å². The number of halogens is 1. The average Bonchev–Trinajstić information content (AvgIpc) is 2.39. The molecule has 1 rings (SSSR count). The van der Waals surface area contributed by atoms with E-state index >= 15 is 0 Å². The van der Waals surface area contributed by atoms with Crippen LogP contribution in [0.1, 0.15) is 62.4 Å². The Morgan fingerprint density at radius 1 is 1.30 bits per heavy atom. The molecule has 0 aliphatic rings. The Kier molecular flexibility index (Phi) is 6.18. The molecule has 0 aliphatic heterocycles. The van der Waals surface area contributed by atoms with Gasteiger partial charge in [-0.05, 0) is 30.4 Å². The Balaban J connectivity index is 2.56. The van der Waals surface area contributed by atoms with Crippen molar-refractivity contribution in [3.8, 4) is 0 Å². The molecule has 0 aliphatic carbocycles. The Bertz CT molecular complexity index is 454. The van der Waals surface area contributed by atoms with Crippen LogP contribution in [0.2, 0.25) is 0 Å². The first-order chi connectivity index (χ1) is 9.37. The van der Waals surface area contributed by atoms with E-state index < -0.39 is 5.82 Å². The van der Waals surface area contributed by atoms with E-state index in [1.54, 1.807) is 19.1 Å². The first-order valence-corrected chi connectivity index (χ1v) is 7.40. The first-order valence-electron chi connectivity index (χ1n) is 7.40. The molecule has 1 aromatic rings. The Morgan fingerprint density at radius 3 is 2.65 bits per heavy atom. The molecule has 0 aromatic heterocycles. The van der Waals surface area contributed by atoms with Crippen molar-refractivity contribution >= 4 is 5.91 Å². The van der Waals surface area contributed by atoms with Crippen LogP contribution in [-0.4, -0.2) is 12.5 Å². The van der Waals surface area contributed by atoms with Gasteiger partial charge in [-0.25, -0.2) is 4.39 Å². The second kappa shape index (κ2) is 7.41. The summed E-state index contributed by atoms with van der Waals surface area (Å²) in [4.78, 5) is 12.0. The number of carbonyl (C=O) groups is 1. The molecular formula is C17H26FNO. The monoisotopic (exact) mass is 279 g/mol. The van der Waals surface area contributed by atoms with Gasteiger partial charge in [-0.3, -0.25) is 4.79 Å². The molecule has 0 saturated carbocycles. The van der Waals surface area contributed by atoms with Crippen molar-refractivity contribution in [3.05, 3.63) is 35.1 Å². The van der Waals surface area contributed by atoms with Crippen LogP contribution in [0.5, 0.6) is 0 Å². The second-order valence-corrected chi connectivity index (χ2v) is 6.24. The fourth-order valence-corrected chi connectivity index (χ4v) is 2.18. The van der Waals surface area contributed by atoms with Gasteiger partial charge in [-0.15, -0.1) is 0 Å². The minimum absolute atomic E-state index is 0.0468. The van der Waals surface area contributed by atoms with Gasteiger partial charge < -0.3 is 5.32 Å². The van der Waals surface area contributed by atoms with Crippen molar-refractivity contribution in [1.29, 1.82) is 0 Å². The predicted octanol–water partition coefficient (Wildman–Crippen LogP) is 4.47. The highest BCUT2D eigenvalue weighted by molar-refractivity contribution is 5.94. The molecule has 112 valence electrons. The van der Waals surface area contributed by atoms with Gasteiger partial charge in [0.25, 0.3) is 5.91 Å². The lowest BCUT2D eigenvalue weighted by molar-refractivity contribution is 0.0930. The maximum atomic E-state index is 13.9. The van der Waals surface area contributed by atoms with Crippen LogP contribution < -0.4 is 5.32 Å². The summed E-state index contributed by atoms with van der Waals surface area (Å²) in [5, 5.41) is 2.86. The van der Waals surface area contributed by atoms with Crippen molar-refractivity contribution in [1.82, 2.24) is 5.32 Å². The number of amides is 1. The zero-order valence-corrected chi connectivity index (χ0v) is 13.1. The highest BCUT2D eigenvalue weighted by Crippen LogP contribution is 2.23. The Morgan fingerprint density at radius 2 is 2.00 bits per heavy atom. The summed E-state index contributed by atoms with van der Waals surface area (Å²) in [6.07, 6.45) is 4.64. The van der Waals surface area contributed by atoms with E-state index in [-0.39, 0.29) is 16.9 Å². The lowest BCUT2D eigenvalue weighted by atomic mass is 9.87. The van der Waals surface area contributed by atoms with Crippen molar-refractivity contribution in [2.75, 3.05) is 6.54 Å². The van der Waals surface area contributed by atoms with Gasteiger partial charge in [0.05, 0.1) is 5.56 Å². The predicted molar refractivity (Wildman–Crippen MR) is 81.4 cm³/mol. The number of hydrogen-bond acceptors (Lipinski definition) is 1. The minimum atomic E-state index is -0.422.